The van der Waals surface area contributed by atoms with Gasteiger partial charge in [-0.1, -0.05) is 43.6 Å². The molecule has 0 bridgehead atoms. The molecular formula is C20H31BrINO4Si. The van der Waals surface area contributed by atoms with Gasteiger partial charge in [-0.25, -0.2) is 0 Å². The normalized spacial score (nSPS) is 19.6. The molecule has 28 heavy (non-hydrogen) atoms. The van der Waals surface area contributed by atoms with Crippen LogP contribution in [0.25, 0.3) is 0 Å². The Bertz CT molecular complexity index is 816. The zero-order valence-corrected chi connectivity index (χ0v) is 22.6. The van der Waals surface area contributed by atoms with Crippen LogP contribution in [0.2, 0.25) is 18.1 Å². The Morgan fingerprint density at radius 3 is 2.46 bits per heavy atom. The third-order valence-electron chi connectivity index (χ3n) is 5.87. The number of ether oxygens (including phenoxy) is 1. The van der Waals surface area contributed by atoms with E-state index in [-0.39, 0.29) is 32.9 Å². The number of hydrogen-bond donors (Lipinski definition) is 0. The van der Waals surface area contributed by atoms with Crippen molar-refractivity contribution in [3.63, 3.8) is 0 Å². The third-order valence-corrected chi connectivity index (χ3v) is 12.2. The minimum absolute atomic E-state index is 0.00711. The van der Waals surface area contributed by atoms with Crippen molar-refractivity contribution in [1.29, 1.82) is 0 Å². The fourth-order valence-corrected chi connectivity index (χ4v) is 6.47. The van der Waals surface area contributed by atoms with Crippen molar-refractivity contribution in [3.8, 4) is 5.75 Å². The van der Waals surface area contributed by atoms with E-state index in [0.29, 0.717) is 22.3 Å². The summed E-state index contributed by atoms with van der Waals surface area (Å²) >= 11 is 5.81. The number of ketones is 1. The molecule has 1 aromatic rings. The van der Waals surface area contributed by atoms with E-state index in [9.17, 15) is 9.59 Å². The zero-order valence-electron chi connectivity index (χ0n) is 17.8. The summed E-state index contributed by atoms with van der Waals surface area (Å²) in [5.74, 6) is 0.110. The van der Waals surface area contributed by atoms with Gasteiger partial charge in [0, 0.05) is 12.1 Å². The lowest BCUT2D eigenvalue weighted by molar-refractivity contribution is 0.0963. The standard InChI is InChI=1S/C20H31BrINO4Si/c1-8-9-14(24)17-19(26-5)18(25)15(22)16-13(21)10-12(23(16)17)11-27-28(6,7)20(2,3)4/h12-13H,8-11H2,1-7H3/t12-,13?/m0/s1. The van der Waals surface area contributed by atoms with Crippen LogP contribution in [-0.4, -0.2) is 32.4 Å². The van der Waals surface area contributed by atoms with E-state index in [0.717, 1.165) is 18.5 Å². The summed E-state index contributed by atoms with van der Waals surface area (Å²) in [5.41, 5.74) is 1.06. The highest BCUT2D eigenvalue weighted by atomic mass is 127. The Labute approximate surface area is 191 Å². The molecule has 0 amide bonds. The molecule has 2 atom stereocenters. The van der Waals surface area contributed by atoms with Gasteiger partial charge in [0.25, 0.3) is 0 Å². The molecule has 0 aromatic carbocycles. The number of Topliss-reactive ketones (excluding diaryl/α,β-unsaturated/α-hetero) is 1. The first kappa shape index (κ1) is 24.1. The van der Waals surface area contributed by atoms with E-state index in [1.165, 1.54) is 7.11 Å². The monoisotopic (exact) mass is 583 g/mol. The van der Waals surface area contributed by atoms with Gasteiger partial charge < -0.3 is 13.7 Å². The summed E-state index contributed by atoms with van der Waals surface area (Å²) in [6, 6.07) is -0.00711. The third kappa shape index (κ3) is 4.44. The molecular weight excluding hydrogens is 553 g/mol. The number of hydrogen-bond acceptors (Lipinski definition) is 4. The molecule has 8 heteroatoms. The van der Waals surface area contributed by atoms with Gasteiger partial charge in [-0.2, -0.15) is 0 Å². The predicted octanol–water partition coefficient (Wildman–Crippen LogP) is 5.85. The average Bonchev–Trinajstić information content (AvgIpc) is 2.91. The predicted molar refractivity (Wildman–Crippen MR) is 128 cm³/mol. The first-order chi connectivity index (χ1) is 12.9. The fourth-order valence-electron chi connectivity index (χ4n) is 3.24. The van der Waals surface area contributed by atoms with Crippen LogP contribution < -0.4 is 10.2 Å². The first-order valence-corrected chi connectivity index (χ1v) is 14.6. The number of rotatable bonds is 7. The molecule has 0 spiro atoms. The number of carbonyl (C=O) groups excluding carboxylic acids is 1. The van der Waals surface area contributed by atoms with Crippen molar-refractivity contribution >= 4 is 52.6 Å². The molecule has 0 fully saturated rings. The molecule has 1 aliphatic heterocycles. The van der Waals surface area contributed by atoms with Crippen molar-refractivity contribution in [2.45, 2.75) is 76.0 Å². The Morgan fingerprint density at radius 1 is 1.36 bits per heavy atom. The van der Waals surface area contributed by atoms with Gasteiger partial charge in [0.15, 0.2) is 19.9 Å². The summed E-state index contributed by atoms with van der Waals surface area (Å²) in [4.78, 5) is 25.8. The molecule has 0 saturated heterocycles. The number of alkyl halides is 1. The van der Waals surface area contributed by atoms with Gasteiger partial charge in [-0.15, -0.1) is 0 Å². The summed E-state index contributed by atoms with van der Waals surface area (Å²) in [6.45, 7) is 13.6. The molecule has 158 valence electrons. The second-order valence-corrected chi connectivity index (χ2v) is 15.9. The maximum absolute atomic E-state index is 13.0. The lowest BCUT2D eigenvalue weighted by Gasteiger charge is -2.37. The Hall–Kier alpha value is -0.193. The smallest absolute Gasteiger partial charge is 0.237 e. The molecule has 2 heterocycles. The maximum atomic E-state index is 13.0. The van der Waals surface area contributed by atoms with Crippen molar-refractivity contribution in [2.24, 2.45) is 0 Å². The Morgan fingerprint density at radius 2 is 1.96 bits per heavy atom. The Balaban J connectivity index is 2.58. The molecule has 1 aromatic heterocycles. The minimum atomic E-state index is -1.93. The average molecular weight is 584 g/mol. The number of halogens is 2. The molecule has 0 radical (unpaired) electrons. The highest BCUT2D eigenvalue weighted by Crippen LogP contribution is 2.45. The van der Waals surface area contributed by atoms with E-state index in [1.807, 2.05) is 11.5 Å². The van der Waals surface area contributed by atoms with Crippen LogP contribution in [0.1, 0.15) is 74.0 Å². The number of methoxy groups -OCH3 is 1. The van der Waals surface area contributed by atoms with Crippen LogP contribution in [0.5, 0.6) is 5.75 Å². The van der Waals surface area contributed by atoms with Crippen LogP contribution in [0.4, 0.5) is 0 Å². The number of pyridine rings is 1. The van der Waals surface area contributed by atoms with Crippen LogP contribution >= 0.6 is 38.5 Å². The number of carbonyl (C=O) groups is 1. The van der Waals surface area contributed by atoms with Crippen molar-refractivity contribution in [1.82, 2.24) is 4.57 Å². The summed E-state index contributed by atoms with van der Waals surface area (Å²) in [5, 5.41) is 0.110. The van der Waals surface area contributed by atoms with Gasteiger partial charge in [-0.05, 0) is 53.6 Å². The minimum Gasteiger partial charge on any atom is -0.491 e. The van der Waals surface area contributed by atoms with E-state index >= 15 is 0 Å². The lowest BCUT2D eigenvalue weighted by Crippen LogP contribution is -2.42. The van der Waals surface area contributed by atoms with Gasteiger partial charge in [0.05, 0.1) is 28.2 Å². The van der Waals surface area contributed by atoms with Gasteiger partial charge >= 0.3 is 0 Å². The SMILES string of the molecule is CCCC(=O)c1c(OC)c(=O)c(I)c2n1[C@H](CO[Si](C)(C)C(C)(C)C)CC2Br. The Kier molecular flexibility index (Phi) is 7.65. The molecule has 5 nitrogen and oxygen atoms in total. The van der Waals surface area contributed by atoms with Crippen molar-refractivity contribution < 1.29 is 14.0 Å². The number of nitrogens with zero attached hydrogens (tertiary/aromatic N) is 1. The highest BCUT2D eigenvalue weighted by molar-refractivity contribution is 14.1. The fraction of sp³-hybridized carbons (Fsp3) is 0.700. The molecule has 1 aliphatic rings. The molecule has 0 saturated carbocycles. The van der Waals surface area contributed by atoms with Gasteiger partial charge in [0.2, 0.25) is 5.43 Å². The van der Waals surface area contributed by atoms with Crippen molar-refractivity contribution in [3.05, 3.63) is 25.2 Å². The van der Waals surface area contributed by atoms with E-state index in [4.69, 9.17) is 9.16 Å². The summed E-state index contributed by atoms with van der Waals surface area (Å²) in [6.07, 6.45) is 1.89. The van der Waals surface area contributed by atoms with Crippen molar-refractivity contribution in [2.75, 3.05) is 13.7 Å². The first-order valence-electron chi connectivity index (χ1n) is 9.70. The zero-order chi connectivity index (χ0) is 21.4. The molecule has 2 rings (SSSR count). The van der Waals surface area contributed by atoms with Crippen LogP contribution in [0.3, 0.4) is 0 Å². The van der Waals surface area contributed by atoms with E-state index in [2.05, 4.69) is 72.4 Å². The summed E-state index contributed by atoms with van der Waals surface area (Å²) < 4.78 is 14.5. The summed E-state index contributed by atoms with van der Waals surface area (Å²) in [7, 11) is -0.468. The molecule has 0 N–H and O–H groups in total. The van der Waals surface area contributed by atoms with Gasteiger partial charge in [0.1, 0.15) is 5.69 Å². The van der Waals surface area contributed by atoms with Crippen LogP contribution in [0, 0.1) is 3.57 Å². The van der Waals surface area contributed by atoms with Gasteiger partial charge in [-0.3, -0.25) is 9.59 Å². The lowest BCUT2D eigenvalue weighted by atomic mass is 10.1. The largest absolute Gasteiger partial charge is 0.491 e. The number of aromatic nitrogens is 1. The van der Waals surface area contributed by atoms with Crippen LogP contribution in [0.15, 0.2) is 4.79 Å². The quantitative estimate of drug-likeness (QED) is 0.175. The molecule has 1 unspecified atom stereocenters. The second kappa shape index (κ2) is 8.89. The molecule has 0 aliphatic carbocycles. The maximum Gasteiger partial charge on any atom is 0.237 e. The van der Waals surface area contributed by atoms with E-state index in [1.54, 1.807) is 0 Å². The van der Waals surface area contributed by atoms with Crippen LogP contribution in [-0.2, 0) is 4.43 Å². The number of fused-ring (bicyclic) bond motifs is 1. The van der Waals surface area contributed by atoms with E-state index < -0.39 is 8.32 Å². The highest BCUT2D eigenvalue weighted by Gasteiger charge is 2.41. The topological polar surface area (TPSA) is 57.5 Å². The second-order valence-electron chi connectivity index (χ2n) is 8.88.